The third kappa shape index (κ3) is 3.76. The first-order valence-electron chi connectivity index (χ1n) is 6.22. The Kier molecular flexibility index (Phi) is 5.10. The highest BCUT2D eigenvalue weighted by molar-refractivity contribution is 7.13. The molecule has 1 fully saturated rings. The van der Waals surface area contributed by atoms with Gasteiger partial charge in [0.1, 0.15) is 0 Å². The van der Waals surface area contributed by atoms with E-state index in [0.717, 1.165) is 19.7 Å². The molecule has 2 rings (SSSR count). The predicted octanol–water partition coefficient (Wildman–Crippen LogP) is 1.58. The average Bonchev–Trinajstić information content (AvgIpc) is 2.99. The molecule has 1 saturated heterocycles. The van der Waals surface area contributed by atoms with Gasteiger partial charge in [0.2, 0.25) is 5.91 Å². The van der Waals surface area contributed by atoms with Crippen LogP contribution in [0.5, 0.6) is 0 Å². The number of hydrogen-bond acceptors (Lipinski definition) is 5. The van der Waals surface area contributed by atoms with Crippen LogP contribution in [0, 0.1) is 0 Å². The maximum atomic E-state index is 11.7. The number of likely N-dealkylation sites (tertiary alicyclic amines) is 1. The van der Waals surface area contributed by atoms with Crippen molar-refractivity contribution in [1.82, 2.24) is 9.88 Å². The zero-order valence-corrected chi connectivity index (χ0v) is 11.4. The highest BCUT2D eigenvalue weighted by atomic mass is 32.1. The standard InChI is InChI=1S/C12H19N3O2S/c1-17-9-10-3-2-6-15(10)7-4-11(16)14-12-13-5-8-18-12/h5,8,10H,2-4,6-7,9H2,1H3,(H,13,14,16)/t10-/m0/s1. The van der Waals surface area contributed by atoms with Crippen LogP contribution in [-0.4, -0.2) is 48.6 Å². The van der Waals surface area contributed by atoms with Crippen molar-refractivity contribution in [3.63, 3.8) is 0 Å². The van der Waals surface area contributed by atoms with E-state index in [4.69, 9.17) is 4.74 Å². The van der Waals surface area contributed by atoms with E-state index in [9.17, 15) is 4.79 Å². The normalized spacial score (nSPS) is 20.2. The maximum Gasteiger partial charge on any atom is 0.227 e. The van der Waals surface area contributed by atoms with Gasteiger partial charge in [-0.1, -0.05) is 0 Å². The molecule has 6 heteroatoms. The lowest BCUT2D eigenvalue weighted by Gasteiger charge is -2.23. The Hall–Kier alpha value is -0.980. The molecule has 0 aliphatic carbocycles. The van der Waals surface area contributed by atoms with Crippen molar-refractivity contribution in [2.24, 2.45) is 0 Å². The summed E-state index contributed by atoms with van der Waals surface area (Å²) < 4.78 is 5.20. The molecule has 1 aromatic heterocycles. The summed E-state index contributed by atoms with van der Waals surface area (Å²) in [4.78, 5) is 18.1. The molecule has 0 radical (unpaired) electrons. The summed E-state index contributed by atoms with van der Waals surface area (Å²) in [5.41, 5.74) is 0. The summed E-state index contributed by atoms with van der Waals surface area (Å²) in [5.74, 6) is 0.0352. The topological polar surface area (TPSA) is 54.5 Å². The number of carbonyl (C=O) groups is 1. The summed E-state index contributed by atoms with van der Waals surface area (Å²) in [6, 6.07) is 0.475. The molecule has 1 atom stereocenters. The summed E-state index contributed by atoms with van der Waals surface area (Å²) in [5, 5.41) is 5.33. The van der Waals surface area contributed by atoms with Gasteiger partial charge in [-0.3, -0.25) is 9.69 Å². The number of anilines is 1. The Balaban J connectivity index is 1.72. The number of methoxy groups -OCH3 is 1. The van der Waals surface area contributed by atoms with E-state index in [-0.39, 0.29) is 5.91 Å². The monoisotopic (exact) mass is 269 g/mol. The molecule has 1 aromatic rings. The van der Waals surface area contributed by atoms with E-state index in [0.29, 0.717) is 17.6 Å². The molecular formula is C12H19N3O2S. The summed E-state index contributed by atoms with van der Waals surface area (Å²) in [6.07, 6.45) is 4.57. The van der Waals surface area contributed by atoms with Gasteiger partial charge in [-0.15, -0.1) is 11.3 Å². The zero-order valence-electron chi connectivity index (χ0n) is 10.6. The number of rotatable bonds is 6. The molecule has 18 heavy (non-hydrogen) atoms. The summed E-state index contributed by atoms with van der Waals surface area (Å²) in [6.45, 7) is 2.62. The van der Waals surface area contributed by atoms with Crippen molar-refractivity contribution in [2.75, 3.05) is 32.1 Å². The van der Waals surface area contributed by atoms with Gasteiger partial charge in [0.05, 0.1) is 6.61 Å². The molecule has 2 heterocycles. The van der Waals surface area contributed by atoms with Gasteiger partial charge in [-0.2, -0.15) is 0 Å². The third-order valence-electron chi connectivity index (χ3n) is 3.16. The van der Waals surface area contributed by atoms with E-state index in [2.05, 4.69) is 15.2 Å². The quantitative estimate of drug-likeness (QED) is 0.852. The number of ether oxygens (including phenoxy) is 1. The van der Waals surface area contributed by atoms with Crippen LogP contribution in [0.3, 0.4) is 0 Å². The Morgan fingerprint density at radius 2 is 2.61 bits per heavy atom. The van der Waals surface area contributed by atoms with E-state index in [1.54, 1.807) is 13.3 Å². The van der Waals surface area contributed by atoms with Crippen LogP contribution in [-0.2, 0) is 9.53 Å². The number of carbonyl (C=O) groups excluding carboxylic acids is 1. The number of nitrogens with one attached hydrogen (secondary N) is 1. The molecule has 0 saturated carbocycles. The molecule has 0 spiro atoms. The Morgan fingerprint density at radius 3 is 3.33 bits per heavy atom. The molecule has 1 amide bonds. The van der Waals surface area contributed by atoms with Gasteiger partial charge in [0, 0.05) is 37.7 Å². The number of thiazole rings is 1. The SMILES string of the molecule is COC[C@@H]1CCCN1CCC(=O)Nc1nccs1. The molecule has 100 valence electrons. The second-order valence-electron chi connectivity index (χ2n) is 4.42. The van der Waals surface area contributed by atoms with Gasteiger partial charge in [-0.05, 0) is 19.4 Å². The van der Waals surface area contributed by atoms with Gasteiger partial charge >= 0.3 is 0 Å². The lowest BCUT2D eigenvalue weighted by atomic mass is 10.2. The number of amides is 1. The van der Waals surface area contributed by atoms with E-state index >= 15 is 0 Å². The van der Waals surface area contributed by atoms with Gasteiger partial charge < -0.3 is 10.1 Å². The van der Waals surface area contributed by atoms with Gasteiger partial charge in [-0.25, -0.2) is 4.98 Å². The lowest BCUT2D eigenvalue weighted by Crippen LogP contribution is -2.35. The Labute approximate surface area is 111 Å². The van der Waals surface area contributed by atoms with Crippen molar-refractivity contribution in [3.05, 3.63) is 11.6 Å². The van der Waals surface area contributed by atoms with Crippen LogP contribution < -0.4 is 5.32 Å². The first-order chi connectivity index (χ1) is 8.79. The van der Waals surface area contributed by atoms with Crippen molar-refractivity contribution in [2.45, 2.75) is 25.3 Å². The highest BCUT2D eigenvalue weighted by Gasteiger charge is 2.24. The van der Waals surface area contributed by atoms with Crippen LogP contribution in [0.1, 0.15) is 19.3 Å². The largest absolute Gasteiger partial charge is 0.383 e. The summed E-state index contributed by atoms with van der Waals surface area (Å²) in [7, 11) is 1.73. The van der Waals surface area contributed by atoms with Crippen LogP contribution >= 0.6 is 11.3 Å². The number of aromatic nitrogens is 1. The average molecular weight is 269 g/mol. The predicted molar refractivity (Wildman–Crippen MR) is 71.8 cm³/mol. The molecule has 5 nitrogen and oxygen atoms in total. The minimum absolute atomic E-state index is 0.0352. The third-order valence-corrected chi connectivity index (χ3v) is 3.85. The minimum atomic E-state index is 0.0352. The number of nitrogens with zero attached hydrogens (tertiary/aromatic N) is 2. The first kappa shape index (κ1) is 13.5. The minimum Gasteiger partial charge on any atom is -0.383 e. The van der Waals surface area contributed by atoms with E-state index < -0.39 is 0 Å². The van der Waals surface area contributed by atoms with Crippen molar-refractivity contribution < 1.29 is 9.53 Å². The van der Waals surface area contributed by atoms with Crippen molar-refractivity contribution >= 4 is 22.4 Å². The first-order valence-corrected chi connectivity index (χ1v) is 7.10. The molecule has 1 aliphatic rings. The molecule has 0 unspecified atom stereocenters. The smallest absolute Gasteiger partial charge is 0.227 e. The Morgan fingerprint density at radius 1 is 1.72 bits per heavy atom. The fourth-order valence-electron chi connectivity index (χ4n) is 2.28. The molecule has 1 N–H and O–H groups in total. The molecule has 1 aliphatic heterocycles. The maximum absolute atomic E-state index is 11.7. The molecule has 0 bridgehead atoms. The van der Waals surface area contributed by atoms with Crippen LogP contribution in [0.4, 0.5) is 5.13 Å². The summed E-state index contributed by atoms with van der Waals surface area (Å²) >= 11 is 1.44. The van der Waals surface area contributed by atoms with Crippen LogP contribution in [0.25, 0.3) is 0 Å². The number of hydrogen-bond donors (Lipinski definition) is 1. The fourth-order valence-corrected chi connectivity index (χ4v) is 2.83. The van der Waals surface area contributed by atoms with Gasteiger partial charge in [0.25, 0.3) is 0 Å². The lowest BCUT2D eigenvalue weighted by molar-refractivity contribution is -0.116. The van der Waals surface area contributed by atoms with E-state index in [1.807, 2.05) is 5.38 Å². The zero-order chi connectivity index (χ0) is 12.8. The Bertz CT molecular complexity index is 369. The second-order valence-corrected chi connectivity index (χ2v) is 5.32. The second kappa shape index (κ2) is 6.82. The van der Waals surface area contributed by atoms with Crippen molar-refractivity contribution in [3.8, 4) is 0 Å². The fraction of sp³-hybridized carbons (Fsp3) is 0.667. The van der Waals surface area contributed by atoms with Gasteiger partial charge in [0.15, 0.2) is 5.13 Å². The molecule has 0 aromatic carbocycles. The highest BCUT2D eigenvalue weighted by Crippen LogP contribution is 2.18. The van der Waals surface area contributed by atoms with Crippen LogP contribution in [0.2, 0.25) is 0 Å². The molecular weight excluding hydrogens is 250 g/mol. The van der Waals surface area contributed by atoms with E-state index in [1.165, 1.54) is 24.2 Å². The van der Waals surface area contributed by atoms with Crippen LogP contribution in [0.15, 0.2) is 11.6 Å². The van der Waals surface area contributed by atoms with Crippen molar-refractivity contribution in [1.29, 1.82) is 0 Å².